The van der Waals surface area contributed by atoms with Gasteiger partial charge >= 0.3 is 0 Å². The van der Waals surface area contributed by atoms with Crippen LogP contribution in [-0.4, -0.2) is 34.0 Å². The van der Waals surface area contributed by atoms with Gasteiger partial charge in [-0.25, -0.2) is 0 Å². The van der Waals surface area contributed by atoms with Crippen LogP contribution in [0.2, 0.25) is 0 Å². The fourth-order valence-electron chi connectivity index (χ4n) is 3.42. The van der Waals surface area contributed by atoms with Crippen LogP contribution in [-0.2, 0) is 11.3 Å². The van der Waals surface area contributed by atoms with Gasteiger partial charge in [0.15, 0.2) is 0 Å². The average Bonchev–Trinajstić information content (AvgIpc) is 3.09. The van der Waals surface area contributed by atoms with E-state index in [1.54, 1.807) is 16.8 Å². The van der Waals surface area contributed by atoms with Crippen LogP contribution in [0.1, 0.15) is 32.3 Å². The molecule has 0 aliphatic carbocycles. The van der Waals surface area contributed by atoms with Crippen LogP contribution in [0.4, 0.5) is 5.69 Å². The number of nitrogens with one attached hydrogen (secondary N) is 1. The predicted molar refractivity (Wildman–Crippen MR) is 99.7 cm³/mol. The molecular weight excluding hydrogens is 314 g/mol. The standard InChI is InChI=1S/C20H25N3O2/c1-15(2)23-12-6-9-18(23)20(25)21-17-10-11-19(24)22(14-17)13-16-7-4-3-5-8-16/h3-5,7-8,10-11,14-15,18H,6,9,12-13H2,1-2H3,(H,21,25). The molecule has 2 heterocycles. The van der Waals surface area contributed by atoms with Gasteiger partial charge in [-0.05, 0) is 44.9 Å². The van der Waals surface area contributed by atoms with Gasteiger partial charge in [-0.15, -0.1) is 0 Å². The number of likely N-dealkylation sites (tertiary alicyclic amines) is 1. The highest BCUT2D eigenvalue weighted by Crippen LogP contribution is 2.21. The molecule has 3 rings (SSSR count). The average molecular weight is 339 g/mol. The minimum Gasteiger partial charge on any atom is -0.323 e. The molecule has 1 unspecified atom stereocenters. The molecule has 1 N–H and O–H groups in total. The van der Waals surface area contributed by atoms with Gasteiger partial charge in [0.05, 0.1) is 18.3 Å². The second kappa shape index (κ2) is 7.66. The number of rotatable bonds is 5. The van der Waals surface area contributed by atoms with Gasteiger partial charge in [-0.2, -0.15) is 0 Å². The number of anilines is 1. The van der Waals surface area contributed by atoms with Crippen molar-refractivity contribution in [2.24, 2.45) is 0 Å². The van der Waals surface area contributed by atoms with Crippen LogP contribution in [0.3, 0.4) is 0 Å². The number of pyridine rings is 1. The molecule has 2 aromatic rings. The third-order valence-corrected chi connectivity index (χ3v) is 4.71. The number of hydrogen-bond acceptors (Lipinski definition) is 3. The Labute approximate surface area is 148 Å². The van der Waals surface area contributed by atoms with Crippen molar-refractivity contribution in [3.8, 4) is 0 Å². The molecule has 1 aliphatic rings. The fraction of sp³-hybridized carbons (Fsp3) is 0.400. The van der Waals surface area contributed by atoms with E-state index >= 15 is 0 Å². The molecule has 1 fully saturated rings. The molecule has 1 aromatic carbocycles. The molecule has 1 saturated heterocycles. The Morgan fingerprint density at radius 3 is 2.68 bits per heavy atom. The summed E-state index contributed by atoms with van der Waals surface area (Å²) < 4.78 is 1.62. The van der Waals surface area contributed by atoms with Gasteiger partial charge in [0.25, 0.3) is 5.56 Å². The third-order valence-electron chi connectivity index (χ3n) is 4.71. The van der Waals surface area contributed by atoms with Crippen LogP contribution in [0.15, 0.2) is 53.5 Å². The van der Waals surface area contributed by atoms with E-state index in [2.05, 4.69) is 24.1 Å². The van der Waals surface area contributed by atoms with Crippen LogP contribution >= 0.6 is 0 Å². The molecule has 1 aromatic heterocycles. The number of nitrogens with zero attached hydrogens (tertiary/aromatic N) is 2. The Kier molecular flexibility index (Phi) is 5.34. The van der Waals surface area contributed by atoms with E-state index in [1.807, 2.05) is 30.3 Å². The maximum atomic E-state index is 12.6. The fourth-order valence-corrected chi connectivity index (χ4v) is 3.42. The second-order valence-corrected chi connectivity index (χ2v) is 6.85. The summed E-state index contributed by atoms with van der Waals surface area (Å²) >= 11 is 0. The Morgan fingerprint density at radius 1 is 1.20 bits per heavy atom. The van der Waals surface area contributed by atoms with Crippen LogP contribution in [0.25, 0.3) is 0 Å². The summed E-state index contributed by atoms with van der Waals surface area (Å²) in [5.41, 5.74) is 1.64. The van der Waals surface area contributed by atoms with Gasteiger partial charge in [-0.3, -0.25) is 14.5 Å². The van der Waals surface area contributed by atoms with Gasteiger partial charge < -0.3 is 9.88 Å². The van der Waals surface area contributed by atoms with Crippen molar-refractivity contribution in [3.05, 3.63) is 64.6 Å². The van der Waals surface area contributed by atoms with Gasteiger partial charge in [0, 0.05) is 18.3 Å². The van der Waals surface area contributed by atoms with Crippen LogP contribution < -0.4 is 10.9 Å². The van der Waals surface area contributed by atoms with E-state index in [9.17, 15) is 9.59 Å². The first-order valence-electron chi connectivity index (χ1n) is 8.85. The van der Waals surface area contributed by atoms with Crippen molar-refractivity contribution in [3.63, 3.8) is 0 Å². The number of carbonyl (C=O) groups excluding carboxylic acids is 1. The quantitative estimate of drug-likeness (QED) is 0.911. The highest BCUT2D eigenvalue weighted by atomic mass is 16.2. The van der Waals surface area contributed by atoms with Crippen molar-refractivity contribution in [1.82, 2.24) is 9.47 Å². The predicted octanol–water partition coefficient (Wildman–Crippen LogP) is 2.71. The maximum Gasteiger partial charge on any atom is 0.250 e. The van der Waals surface area contributed by atoms with E-state index in [4.69, 9.17) is 0 Å². The summed E-state index contributed by atoms with van der Waals surface area (Å²) in [5, 5.41) is 2.98. The van der Waals surface area contributed by atoms with E-state index in [0.717, 1.165) is 24.9 Å². The normalized spacial score (nSPS) is 17.8. The van der Waals surface area contributed by atoms with E-state index < -0.39 is 0 Å². The van der Waals surface area contributed by atoms with Crippen molar-refractivity contribution in [1.29, 1.82) is 0 Å². The summed E-state index contributed by atoms with van der Waals surface area (Å²) in [5.74, 6) is 0.0103. The van der Waals surface area contributed by atoms with Gasteiger partial charge in [0.1, 0.15) is 0 Å². The lowest BCUT2D eigenvalue weighted by molar-refractivity contribution is -0.120. The highest BCUT2D eigenvalue weighted by molar-refractivity contribution is 5.94. The van der Waals surface area contributed by atoms with E-state index in [1.165, 1.54) is 6.07 Å². The molecule has 0 saturated carbocycles. The first-order chi connectivity index (χ1) is 12.0. The first-order valence-corrected chi connectivity index (χ1v) is 8.85. The SMILES string of the molecule is CC(C)N1CCCC1C(=O)Nc1ccc(=O)n(Cc2ccccc2)c1. The summed E-state index contributed by atoms with van der Waals surface area (Å²) in [6.07, 6.45) is 3.65. The van der Waals surface area contributed by atoms with Crippen molar-refractivity contribution >= 4 is 11.6 Å². The number of aromatic nitrogens is 1. The van der Waals surface area contributed by atoms with Gasteiger partial charge in [0.2, 0.25) is 5.91 Å². The second-order valence-electron chi connectivity index (χ2n) is 6.85. The Balaban J connectivity index is 1.74. The highest BCUT2D eigenvalue weighted by Gasteiger charge is 2.32. The lowest BCUT2D eigenvalue weighted by Crippen LogP contribution is -2.43. The summed E-state index contributed by atoms with van der Waals surface area (Å²) in [6.45, 7) is 5.69. The Hall–Kier alpha value is -2.40. The Bertz CT molecular complexity index is 783. The monoisotopic (exact) mass is 339 g/mol. The molecule has 25 heavy (non-hydrogen) atoms. The maximum absolute atomic E-state index is 12.6. The number of hydrogen-bond donors (Lipinski definition) is 1. The zero-order valence-electron chi connectivity index (χ0n) is 14.8. The summed E-state index contributed by atoms with van der Waals surface area (Å²) in [4.78, 5) is 27.0. The van der Waals surface area contributed by atoms with Crippen LogP contribution in [0, 0.1) is 0 Å². The van der Waals surface area contributed by atoms with Crippen molar-refractivity contribution < 1.29 is 4.79 Å². The smallest absolute Gasteiger partial charge is 0.250 e. The third kappa shape index (κ3) is 4.17. The summed E-state index contributed by atoms with van der Waals surface area (Å²) in [7, 11) is 0. The van der Waals surface area contributed by atoms with Gasteiger partial charge in [-0.1, -0.05) is 30.3 Å². The molecule has 0 radical (unpaired) electrons. The molecule has 132 valence electrons. The summed E-state index contributed by atoms with van der Waals surface area (Å²) in [6, 6.07) is 13.3. The lowest BCUT2D eigenvalue weighted by atomic mass is 10.2. The molecule has 5 nitrogen and oxygen atoms in total. The molecular formula is C20H25N3O2. The minimum absolute atomic E-state index is 0.0103. The largest absolute Gasteiger partial charge is 0.323 e. The van der Waals surface area contributed by atoms with E-state index in [0.29, 0.717) is 18.3 Å². The van der Waals surface area contributed by atoms with E-state index in [-0.39, 0.29) is 17.5 Å². The Morgan fingerprint density at radius 2 is 1.96 bits per heavy atom. The number of benzene rings is 1. The topological polar surface area (TPSA) is 54.3 Å². The van der Waals surface area contributed by atoms with Crippen LogP contribution in [0.5, 0.6) is 0 Å². The number of amides is 1. The number of carbonyl (C=O) groups is 1. The lowest BCUT2D eigenvalue weighted by Gasteiger charge is -2.27. The first kappa shape index (κ1) is 17.4. The molecule has 0 bridgehead atoms. The van der Waals surface area contributed by atoms with Crippen molar-refractivity contribution in [2.45, 2.75) is 45.3 Å². The molecule has 1 aliphatic heterocycles. The zero-order chi connectivity index (χ0) is 17.8. The van der Waals surface area contributed by atoms with Crippen molar-refractivity contribution in [2.75, 3.05) is 11.9 Å². The molecule has 1 atom stereocenters. The zero-order valence-corrected chi connectivity index (χ0v) is 14.8. The molecule has 5 heteroatoms. The molecule has 1 amide bonds. The minimum atomic E-state index is -0.0884. The molecule has 0 spiro atoms.